The van der Waals surface area contributed by atoms with Gasteiger partial charge in [-0.15, -0.1) is 0 Å². The van der Waals surface area contributed by atoms with Gasteiger partial charge in [0.05, 0.1) is 0 Å². The zero-order valence-corrected chi connectivity index (χ0v) is 10.3. The largest absolute Gasteiger partial charge is 0.480 e. The molecule has 2 amide bonds. The minimum Gasteiger partial charge on any atom is -0.480 e. The normalized spacial score (nSPS) is 12.1. The zero-order valence-electron chi connectivity index (χ0n) is 10.3. The maximum Gasteiger partial charge on any atom is 0.325 e. The average molecular weight is 262 g/mol. The third-order valence-corrected chi connectivity index (χ3v) is 2.35. The highest BCUT2D eigenvalue weighted by Crippen LogP contribution is 2.05. The van der Waals surface area contributed by atoms with Gasteiger partial charge in [0, 0.05) is 11.6 Å². The van der Waals surface area contributed by atoms with Gasteiger partial charge in [0.15, 0.2) is 0 Å². The molecule has 0 aliphatic carbocycles. The number of carboxylic acids is 1. The third-order valence-electron chi connectivity index (χ3n) is 2.35. The van der Waals surface area contributed by atoms with Crippen molar-refractivity contribution in [3.63, 3.8) is 0 Å². The average Bonchev–Trinajstić information content (AvgIpc) is 2.36. The van der Waals surface area contributed by atoms with Crippen molar-refractivity contribution in [3.05, 3.63) is 41.5 Å². The highest BCUT2D eigenvalue weighted by Gasteiger charge is 2.11. The number of carbonyl (C=O) groups is 3. The first-order valence-corrected chi connectivity index (χ1v) is 5.51. The first-order valence-electron chi connectivity index (χ1n) is 5.51. The molecule has 0 spiro atoms. The standard InChI is InChI=1S/C13H14N2O4/c1-8(13(18)19)15-11(16)7-4-9-2-5-10(6-3-9)12(14)17/h2-8H,1H3,(H2,14,17)(H,15,16)(H,18,19)/b7-4+/t8-/m0/s1. The molecule has 0 radical (unpaired) electrons. The smallest absolute Gasteiger partial charge is 0.325 e. The second-order valence-corrected chi connectivity index (χ2v) is 3.89. The van der Waals surface area contributed by atoms with Gasteiger partial charge in [-0.25, -0.2) is 0 Å². The highest BCUT2D eigenvalue weighted by molar-refractivity contribution is 5.95. The van der Waals surface area contributed by atoms with Crippen molar-refractivity contribution in [2.75, 3.05) is 0 Å². The molecule has 6 nitrogen and oxygen atoms in total. The first-order chi connectivity index (χ1) is 8.90. The van der Waals surface area contributed by atoms with Crippen LogP contribution in [-0.2, 0) is 9.59 Å². The van der Waals surface area contributed by atoms with E-state index in [9.17, 15) is 14.4 Å². The molecule has 0 saturated heterocycles. The number of rotatable bonds is 5. The molecule has 0 aliphatic heterocycles. The Hall–Kier alpha value is -2.63. The number of nitrogens with one attached hydrogen (secondary N) is 1. The van der Waals surface area contributed by atoms with E-state index in [0.717, 1.165) is 0 Å². The Labute approximate surface area is 109 Å². The van der Waals surface area contributed by atoms with E-state index < -0.39 is 23.8 Å². The molecular formula is C13H14N2O4. The second-order valence-electron chi connectivity index (χ2n) is 3.89. The van der Waals surface area contributed by atoms with Crippen molar-refractivity contribution in [3.8, 4) is 0 Å². The number of hydrogen-bond acceptors (Lipinski definition) is 3. The van der Waals surface area contributed by atoms with Gasteiger partial charge >= 0.3 is 5.97 Å². The van der Waals surface area contributed by atoms with E-state index in [1.807, 2.05) is 0 Å². The molecule has 1 aromatic carbocycles. The molecule has 0 aromatic heterocycles. The number of benzene rings is 1. The Bertz CT molecular complexity index is 520. The molecule has 1 rings (SSSR count). The Kier molecular flexibility index (Phi) is 4.82. The van der Waals surface area contributed by atoms with Crippen LogP contribution in [0, 0.1) is 0 Å². The van der Waals surface area contributed by atoms with E-state index in [2.05, 4.69) is 5.32 Å². The van der Waals surface area contributed by atoms with E-state index in [-0.39, 0.29) is 0 Å². The molecule has 1 aromatic rings. The summed E-state index contributed by atoms with van der Waals surface area (Å²) >= 11 is 0. The summed E-state index contributed by atoms with van der Waals surface area (Å²) in [5.74, 6) is -2.13. The van der Waals surface area contributed by atoms with Crippen molar-refractivity contribution in [1.29, 1.82) is 0 Å². The number of hydrogen-bond donors (Lipinski definition) is 3. The van der Waals surface area contributed by atoms with Crippen LogP contribution in [0.3, 0.4) is 0 Å². The van der Waals surface area contributed by atoms with Crippen molar-refractivity contribution >= 4 is 23.9 Å². The molecule has 0 saturated carbocycles. The number of amides is 2. The van der Waals surface area contributed by atoms with E-state index in [4.69, 9.17) is 10.8 Å². The third kappa shape index (κ3) is 4.63. The quantitative estimate of drug-likeness (QED) is 0.666. The van der Waals surface area contributed by atoms with Crippen molar-refractivity contribution < 1.29 is 19.5 Å². The van der Waals surface area contributed by atoms with Crippen LogP contribution >= 0.6 is 0 Å². The van der Waals surface area contributed by atoms with Crippen LogP contribution in [-0.4, -0.2) is 28.9 Å². The molecule has 0 heterocycles. The van der Waals surface area contributed by atoms with E-state index in [0.29, 0.717) is 11.1 Å². The van der Waals surface area contributed by atoms with Gasteiger partial charge in [0.25, 0.3) is 0 Å². The topological polar surface area (TPSA) is 109 Å². The lowest BCUT2D eigenvalue weighted by Crippen LogP contribution is -2.37. The lowest BCUT2D eigenvalue weighted by molar-refractivity contribution is -0.140. The molecule has 0 bridgehead atoms. The Morgan fingerprint density at radius 2 is 1.84 bits per heavy atom. The molecule has 100 valence electrons. The summed E-state index contributed by atoms with van der Waals surface area (Å²) in [5, 5.41) is 10.9. The zero-order chi connectivity index (χ0) is 14.4. The molecule has 1 atom stereocenters. The molecule has 6 heteroatoms. The maximum absolute atomic E-state index is 11.4. The van der Waals surface area contributed by atoms with E-state index in [1.165, 1.54) is 19.1 Å². The van der Waals surface area contributed by atoms with Crippen LogP contribution in [0.1, 0.15) is 22.8 Å². The molecule has 0 fully saturated rings. The number of primary amides is 1. The Balaban J connectivity index is 2.63. The van der Waals surface area contributed by atoms with Gasteiger partial charge < -0.3 is 16.2 Å². The lowest BCUT2D eigenvalue weighted by Gasteiger charge is -2.05. The van der Waals surface area contributed by atoms with Crippen LogP contribution in [0.2, 0.25) is 0 Å². The minimum absolute atomic E-state index is 0.376. The Morgan fingerprint density at radius 3 is 2.32 bits per heavy atom. The summed E-state index contributed by atoms with van der Waals surface area (Å²) in [4.78, 5) is 32.7. The van der Waals surface area contributed by atoms with Gasteiger partial charge in [-0.05, 0) is 30.7 Å². The van der Waals surface area contributed by atoms with Gasteiger partial charge in [0.2, 0.25) is 11.8 Å². The number of carboxylic acid groups (broad SMARTS) is 1. The fourth-order valence-corrected chi connectivity index (χ4v) is 1.25. The minimum atomic E-state index is -1.10. The summed E-state index contributed by atoms with van der Waals surface area (Å²) in [6, 6.07) is 5.39. The van der Waals surface area contributed by atoms with Crippen molar-refractivity contribution in [1.82, 2.24) is 5.32 Å². The van der Waals surface area contributed by atoms with Crippen LogP contribution < -0.4 is 11.1 Å². The lowest BCUT2D eigenvalue weighted by atomic mass is 10.1. The van der Waals surface area contributed by atoms with Crippen LogP contribution in [0.25, 0.3) is 6.08 Å². The van der Waals surface area contributed by atoms with Crippen molar-refractivity contribution in [2.45, 2.75) is 13.0 Å². The highest BCUT2D eigenvalue weighted by atomic mass is 16.4. The van der Waals surface area contributed by atoms with Gasteiger partial charge in [-0.2, -0.15) is 0 Å². The van der Waals surface area contributed by atoms with E-state index in [1.54, 1.807) is 24.3 Å². The fraction of sp³-hybridized carbons (Fsp3) is 0.154. The SMILES string of the molecule is C[C@H](NC(=O)/C=C/c1ccc(C(N)=O)cc1)C(=O)O. The summed E-state index contributed by atoms with van der Waals surface area (Å²) in [7, 11) is 0. The number of carbonyl (C=O) groups excluding carboxylic acids is 2. The van der Waals surface area contributed by atoms with Crippen LogP contribution in [0.15, 0.2) is 30.3 Å². The summed E-state index contributed by atoms with van der Waals surface area (Å²) < 4.78 is 0. The predicted molar refractivity (Wildman–Crippen MR) is 69.2 cm³/mol. The molecular weight excluding hydrogens is 248 g/mol. The van der Waals surface area contributed by atoms with Crippen LogP contribution in [0.4, 0.5) is 0 Å². The second kappa shape index (κ2) is 6.34. The fourth-order valence-electron chi connectivity index (χ4n) is 1.25. The first kappa shape index (κ1) is 14.4. The van der Waals surface area contributed by atoms with Gasteiger partial charge in [0.1, 0.15) is 6.04 Å². The van der Waals surface area contributed by atoms with Crippen LogP contribution in [0.5, 0.6) is 0 Å². The molecule has 19 heavy (non-hydrogen) atoms. The maximum atomic E-state index is 11.4. The molecule has 0 aliphatic rings. The predicted octanol–water partition coefficient (Wildman–Crippen LogP) is 0.388. The summed E-state index contributed by atoms with van der Waals surface area (Å²) in [6.07, 6.45) is 2.73. The van der Waals surface area contributed by atoms with Crippen molar-refractivity contribution in [2.24, 2.45) is 5.73 Å². The Morgan fingerprint density at radius 1 is 1.26 bits per heavy atom. The molecule has 4 N–H and O–H groups in total. The molecule has 0 unspecified atom stereocenters. The summed E-state index contributed by atoms with van der Waals surface area (Å²) in [6.45, 7) is 1.37. The van der Waals surface area contributed by atoms with Gasteiger partial charge in [-0.1, -0.05) is 12.1 Å². The number of nitrogens with two attached hydrogens (primary N) is 1. The monoisotopic (exact) mass is 262 g/mol. The van der Waals surface area contributed by atoms with Gasteiger partial charge in [-0.3, -0.25) is 14.4 Å². The summed E-state index contributed by atoms with van der Waals surface area (Å²) in [5.41, 5.74) is 6.17. The number of aliphatic carboxylic acids is 1. The van der Waals surface area contributed by atoms with E-state index >= 15 is 0 Å².